The first kappa shape index (κ1) is 15.0. The summed E-state index contributed by atoms with van der Waals surface area (Å²) < 4.78 is 0. The van der Waals surface area contributed by atoms with Gasteiger partial charge in [-0.1, -0.05) is 31.2 Å². The minimum absolute atomic E-state index is 0.00618. The van der Waals surface area contributed by atoms with Gasteiger partial charge in [0.2, 0.25) is 5.91 Å². The molecule has 1 aromatic rings. The summed E-state index contributed by atoms with van der Waals surface area (Å²) in [5, 5.41) is 3.02. The molecule has 1 aliphatic rings. The fourth-order valence-electron chi connectivity index (χ4n) is 2.84. The van der Waals surface area contributed by atoms with Gasteiger partial charge in [0.25, 0.3) is 0 Å². The van der Waals surface area contributed by atoms with Crippen molar-refractivity contribution in [3.63, 3.8) is 0 Å². The van der Waals surface area contributed by atoms with Crippen LogP contribution in [0.3, 0.4) is 0 Å². The zero-order valence-corrected chi connectivity index (χ0v) is 12.3. The van der Waals surface area contributed by atoms with E-state index in [0.717, 1.165) is 38.9 Å². The number of benzene rings is 1. The molecule has 3 N–H and O–H groups in total. The van der Waals surface area contributed by atoms with E-state index >= 15 is 0 Å². The predicted octanol–water partition coefficient (Wildman–Crippen LogP) is 1.64. The van der Waals surface area contributed by atoms with E-state index in [-0.39, 0.29) is 11.9 Å². The lowest BCUT2D eigenvalue weighted by molar-refractivity contribution is -0.126. The second-order valence-electron chi connectivity index (χ2n) is 5.34. The van der Waals surface area contributed by atoms with Crippen LogP contribution < -0.4 is 11.1 Å². The van der Waals surface area contributed by atoms with Gasteiger partial charge < -0.3 is 11.1 Å². The van der Waals surface area contributed by atoms with E-state index in [1.807, 2.05) is 12.1 Å². The number of hydrogen-bond acceptors (Lipinski definition) is 3. The molecule has 20 heavy (non-hydrogen) atoms. The summed E-state index contributed by atoms with van der Waals surface area (Å²) in [4.78, 5) is 14.4. The number of nitrogens with one attached hydrogen (secondary N) is 1. The molecule has 110 valence electrons. The van der Waals surface area contributed by atoms with Crippen LogP contribution in [0.4, 0.5) is 0 Å². The summed E-state index contributed by atoms with van der Waals surface area (Å²) in [7, 11) is 0. The van der Waals surface area contributed by atoms with Crippen molar-refractivity contribution in [3.05, 3.63) is 35.4 Å². The molecular weight excluding hydrogens is 250 g/mol. The monoisotopic (exact) mass is 275 g/mol. The van der Waals surface area contributed by atoms with Gasteiger partial charge in [-0.15, -0.1) is 0 Å². The maximum Gasteiger partial charge on any atom is 0.237 e. The molecule has 1 saturated heterocycles. The lowest BCUT2D eigenvalue weighted by Gasteiger charge is -2.29. The molecule has 1 amide bonds. The first-order valence-electron chi connectivity index (χ1n) is 7.55. The summed E-state index contributed by atoms with van der Waals surface area (Å²) >= 11 is 0. The van der Waals surface area contributed by atoms with Crippen molar-refractivity contribution in [3.8, 4) is 0 Å². The van der Waals surface area contributed by atoms with Gasteiger partial charge in [-0.3, -0.25) is 9.69 Å². The van der Waals surface area contributed by atoms with E-state index in [9.17, 15) is 4.79 Å². The number of amides is 1. The Kier molecular flexibility index (Phi) is 5.56. The Morgan fingerprint density at radius 2 is 2.05 bits per heavy atom. The maximum absolute atomic E-state index is 12.2. The average Bonchev–Trinajstić information content (AvgIpc) is 2.70. The van der Waals surface area contributed by atoms with Gasteiger partial charge in [0.05, 0.1) is 6.04 Å². The van der Waals surface area contributed by atoms with Crippen molar-refractivity contribution in [2.24, 2.45) is 5.73 Å². The quantitative estimate of drug-likeness (QED) is 0.859. The van der Waals surface area contributed by atoms with Gasteiger partial charge >= 0.3 is 0 Å². The van der Waals surface area contributed by atoms with E-state index in [1.165, 1.54) is 11.1 Å². The standard InChI is InChI=1S/C16H25N3O/c1-2-19(15-9-5-6-10-18-16(15)20)12-14-8-4-3-7-13(14)11-17/h3-4,7-8,15H,2,5-6,9-12,17H2,1H3,(H,18,20). The van der Waals surface area contributed by atoms with E-state index in [1.54, 1.807) is 0 Å². The molecule has 4 heteroatoms. The smallest absolute Gasteiger partial charge is 0.237 e. The fourth-order valence-corrected chi connectivity index (χ4v) is 2.84. The van der Waals surface area contributed by atoms with E-state index in [4.69, 9.17) is 5.73 Å². The van der Waals surface area contributed by atoms with Gasteiger partial charge in [0.15, 0.2) is 0 Å². The van der Waals surface area contributed by atoms with Crippen molar-refractivity contribution < 1.29 is 4.79 Å². The third-order valence-corrected chi connectivity index (χ3v) is 4.06. The van der Waals surface area contributed by atoms with Crippen molar-refractivity contribution >= 4 is 5.91 Å². The third-order valence-electron chi connectivity index (χ3n) is 4.06. The molecule has 0 saturated carbocycles. The zero-order chi connectivity index (χ0) is 14.4. The minimum Gasteiger partial charge on any atom is -0.355 e. The molecule has 1 heterocycles. The number of carbonyl (C=O) groups is 1. The van der Waals surface area contributed by atoms with E-state index in [2.05, 4.69) is 29.3 Å². The number of nitrogens with zero attached hydrogens (tertiary/aromatic N) is 1. The minimum atomic E-state index is -0.00618. The van der Waals surface area contributed by atoms with Crippen LogP contribution in [0.1, 0.15) is 37.3 Å². The first-order chi connectivity index (χ1) is 9.76. The third kappa shape index (κ3) is 3.58. The summed E-state index contributed by atoms with van der Waals surface area (Å²) in [6.45, 7) is 5.14. The molecule has 1 unspecified atom stereocenters. The van der Waals surface area contributed by atoms with E-state index in [0.29, 0.717) is 6.54 Å². The first-order valence-corrected chi connectivity index (χ1v) is 7.55. The van der Waals surface area contributed by atoms with Crippen LogP contribution in [0.2, 0.25) is 0 Å². The Morgan fingerprint density at radius 1 is 1.30 bits per heavy atom. The van der Waals surface area contributed by atoms with Crippen LogP contribution in [0.15, 0.2) is 24.3 Å². The molecule has 1 atom stereocenters. The Morgan fingerprint density at radius 3 is 2.75 bits per heavy atom. The molecule has 1 aromatic carbocycles. The van der Waals surface area contributed by atoms with Crippen LogP contribution in [0.5, 0.6) is 0 Å². The fraction of sp³-hybridized carbons (Fsp3) is 0.562. The molecule has 1 aliphatic heterocycles. The molecule has 0 aromatic heterocycles. The summed E-state index contributed by atoms with van der Waals surface area (Å²) in [6, 6.07) is 8.22. The van der Waals surface area contributed by atoms with Crippen LogP contribution >= 0.6 is 0 Å². The number of likely N-dealkylation sites (N-methyl/N-ethyl adjacent to an activating group) is 1. The van der Waals surface area contributed by atoms with Gasteiger partial charge in [-0.25, -0.2) is 0 Å². The molecule has 0 aliphatic carbocycles. The zero-order valence-electron chi connectivity index (χ0n) is 12.3. The van der Waals surface area contributed by atoms with Crippen LogP contribution in [-0.4, -0.2) is 29.9 Å². The lowest BCUT2D eigenvalue weighted by atomic mass is 10.0. The largest absolute Gasteiger partial charge is 0.355 e. The van der Waals surface area contributed by atoms with Crippen molar-refractivity contribution in [1.29, 1.82) is 0 Å². The van der Waals surface area contributed by atoms with Gasteiger partial charge in [-0.2, -0.15) is 0 Å². The maximum atomic E-state index is 12.2. The molecule has 4 nitrogen and oxygen atoms in total. The van der Waals surface area contributed by atoms with Gasteiger partial charge in [-0.05, 0) is 36.9 Å². The second-order valence-corrected chi connectivity index (χ2v) is 5.34. The van der Waals surface area contributed by atoms with Crippen LogP contribution in [0.25, 0.3) is 0 Å². The topological polar surface area (TPSA) is 58.4 Å². The van der Waals surface area contributed by atoms with Gasteiger partial charge in [0.1, 0.15) is 0 Å². The van der Waals surface area contributed by atoms with Crippen molar-refractivity contribution in [2.75, 3.05) is 13.1 Å². The summed E-state index contributed by atoms with van der Waals surface area (Å²) in [6.07, 6.45) is 3.14. The van der Waals surface area contributed by atoms with Crippen molar-refractivity contribution in [2.45, 2.75) is 45.3 Å². The molecule has 1 fully saturated rings. The lowest BCUT2D eigenvalue weighted by Crippen LogP contribution is -2.45. The Hall–Kier alpha value is -1.39. The molecule has 0 radical (unpaired) electrons. The second kappa shape index (κ2) is 7.41. The highest BCUT2D eigenvalue weighted by Gasteiger charge is 2.26. The Balaban J connectivity index is 2.13. The van der Waals surface area contributed by atoms with Crippen LogP contribution in [0, 0.1) is 0 Å². The number of hydrogen-bond donors (Lipinski definition) is 2. The Labute approximate surface area is 121 Å². The molecular formula is C16H25N3O. The summed E-state index contributed by atoms with van der Waals surface area (Å²) in [5.41, 5.74) is 8.20. The molecule has 2 rings (SSSR count). The average molecular weight is 275 g/mol. The highest BCUT2D eigenvalue weighted by molar-refractivity contribution is 5.81. The molecule has 0 spiro atoms. The van der Waals surface area contributed by atoms with Gasteiger partial charge in [0, 0.05) is 19.6 Å². The van der Waals surface area contributed by atoms with Crippen molar-refractivity contribution in [1.82, 2.24) is 10.2 Å². The highest BCUT2D eigenvalue weighted by atomic mass is 16.2. The van der Waals surface area contributed by atoms with E-state index < -0.39 is 0 Å². The number of rotatable bonds is 5. The predicted molar refractivity (Wildman–Crippen MR) is 81.1 cm³/mol. The molecule has 0 bridgehead atoms. The number of carbonyl (C=O) groups excluding carboxylic acids is 1. The van der Waals surface area contributed by atoms with Crippen LogP contribution in [-0.2, 0) is 17.9 Å². The normalized spacial score (nSPS) is 19.8. The SMILES string of the molecule is CCN(Cc1ccccc1CN)C1CCCCNC1=O. The highest BCUT2D eigenvalue weighted by Crippen LogP contribution is 2.17. The Bertz CT molecular complexity index is 447. The summed E-state index contributed by atoms with van der Waals surface area (Å²) in [5.74, 6) is 0.176. The number of nitrogens with two attached hydrogens (primary N) is 1.